The molecule has 2 rings (SSSR count). The Labute approximate surface area is 124 Å². The lowest BCUT2D eigenvalue weighted by atomic mass is 10.1. The largest absolute Gasteiger partial charge is 0.490 e. The maximum Gasteiger partial charge on any atom is 0.167 e. The van der Waals surface area contributed by atoms with Gasteiger partial charge in [-0.1, -0.05) is 6.92 Å². The molecule has 0 bridgehead atoms. The van der Waals surface area contributed by atoms with Crippen molar-refractivity contribution in [1.29, 1.82) is 0 Å². The summed E-state index contributed by atoms with van der Waals surface area (Å²) < 4.78 is 24.8. The van der Waals surface area contributed by atoms with Gasteiger partial charge in [-0.2, -0.15) is 0 Å². The first-order valence-corrected chi connectivity index (χ1v) is 7.27. The monoisotopic (exact) mass is 298 g/mol. The first-order chi connectivity index (χ1) is 10.1. The van der Waals surface area contributed by atoms with Crippen LogP contribution in [0.2, 0.25) is 0 Å². The minimum absolute atomic E-state index is 0.0521. The van der Waals surface area contributed by atoms with Crippen LogP contribution in [0.1, 0.15) is 20.3 Å². The Balaban J connectivity index is 2.28. The second kappa shape index (κ2) is 6.95. The lowest BCUT2D eigenvalue weighted by Gasteiger charge is -2.39. The van der Waals surface area contributed by atoms with E-state index in [1.165, 1.54) is 6.07 Å². The number of ether oxygens (including phenoxy) is 2. The van der Waals surface area contributed by atoms with Crippen LogP contribution in [0.4, 0.5) is 15.8 Å². The summed E-state index contributed by atoms with van der Waals surface area (Å²) in [5.41, 5.74) is 7.04. The van der Waals surface area contributed by atoms with E-state index in [4.69, 9.17) is 15.2 Å². The van der Waals surface area contributed by atoms with Gasteiger partial charge in [-0.15, -0.1) is 0 Å². The lowest BCUT2D eigenvalue weighted by Crippen LogP contribution is -2.49. The van der Waals surface area contributed by atoms with E-state index in [9.17, 15) is 9.50 Å². The van der Waals surface area contributed by atoms with Gasteiger partial charge in [-0.3, -0.25) is 0 Å². The van der Waals surface area contributed by atoms with Gasteiger partial charge in [0, 0.05) is 24.7 Å². The summed E-state index contributed by atoms with van der Waals surface area (Å²) in [6.45, 7) is 5.38. The summed E-state index contributed by atoms with van der Waals surface area (Å²) in [4.78, 5) is 2.03. The molecule has 1 aliphatic heterocycles. The number of hydrogen-bond acceptors (Lipinski definition) is 5. The molecule has 6 heteroatoms. The molecule has 3 N–H and O–H groups in total. The molecule has 1 aliphatic rings. The maximum absolute atomic E-state index is 13.9. The fourth-order valence-corrected chi connectivity index (χ4v) is 2.39. The summed E-state index contributed by atoms with van der Waals surface area (Å²) >= 11 is 0. The van der Waals surface area contributed by atoms with E-state index in [-0.39, 0.29) is 24.5 Å². The Hall–Kier alpha value is -1.53. The van der Waals surface area contributed by atoms with Gasteiger partial charge in [0.2, 0.25) is 0 Å². The molecule has 0 aromatic heterocycles. The fraction of sp³-hybridized carbons (Fsp3) is 0.600. The third-order valence-electron chi connectivity index (χ3n) is 3.56. The number of morpholine rings is 1. The molecule has 118 valence electrons. The van der Waals surface area contributed by atoms with Crippen molar-refractivity contribution in [3.63, 3.8) is 0 Å². The van der Waals surface area contributed by atoms with Crippen LogP contribution in [0.25, 0.3) is 0 Å². The predicted octanol–water partition coefficient (Wildman–Crippen LogP) is 1.78. The number of nitrogen functional groups attached to an aromatic ring is 1. The highest BCUT2D eigenvalue weighted by atomic mass is 19.1. The lowest BCUT2D eigenvalue weighted by molar-refractivity contribution is -0.0103. The van der Waals surface area contributed by atoms with Crippen molar-refractivity contribution in [2.75, 3.05) is 37.0 Å². The van der Waals surface area contributed by atoms with Crippen LogP contribution in [0.5, 0.6) is 5.75 Å². The first-order valence-electron chi connectivity index (χ1n) is 7.27. The quantitative estimate of drug-likeness (QED) is 0.811. The molecule has 1 aromatic rings. The highest BCUT2D eigenvalue weighted by Gasteiger charge is 2.27. The minimum Gasteiger partial charge on any atom is -0.490 e. The molecule has 2 atom stereocenters. The third kappa shape index (κ3) is 3.57. The molecule has 0 radical (unpaired) electrons. The van der Waals surface area contributed by atoms with Gasteiger partial charge in [0.25, 0.3) is 0 Å². The van der Waals surface area contributed by atoms with Crippen LogP contribution in [0, 0.1) is 5.82 Å². The Morgan fingerprint density at radius 1 is 1.52 bits per heavy atom. The SMILES string of the molecule is CCCOc1cc(N2CC(CO)OCC2C)c(N)cc1F. The highest BCUT2D eigenvalue weighted by Crippen LogP contribution is 2.33. The summed E-state index contributed by atoms with van der Waals surface area (Å²) in [7, 11) is 0. The third-order valence-corrected chi connectivity index (χ3v) is 3.56. The molecule has 1 heterocycles. The van der Waals surface area contributed by atoms with Crippen molar-refractivity contribution in [3.8, 4) is 5.75 Å². The number of halogens is 1. The van der Waals surface area contributed by atoms with Crippen molar-refractivity contribution >= 4 is 11.4 Å². The number of hydrogen-bond donors (Lipinski definition) is 2. The van der Waals surface area contributed by atoms with Crippen molar-refractivity contribution in [2.45, 2.75) is 32.4 Å². The van der Waals surface area contributed by atoms with E-state index in [0.717, 1.165) is 12.1 Å². The van der Waals surface area contributed by atoms with E-state index in [1.54, 1.807) is 6.07 Å². The molecule has 0 spiro atoms. The van der Waals surface area contributed by atoms with Gasteiger partial charge in [0.1, 0.15) is 0 Å². The van der Waals surface area contributed by atoms with Crippen LogP contribution in [-0.2, 0) is 4.74 Å². The molecule has 2 unspecified atom stereocenters. The van der Waals surface area contributed by atoms with Crippen LogP contribution in [-0.4, -0.2) is 43.6 Å². The fourth-order valence-electron chi connectivity index (χ4n) is 2.39. The predicted molar refractivity (Wildman–Crippen MR) is 80.2 cm³/mol. The first kappa shape index (κ1) is 15.9. The van der Waals surface area contributed by atoms with E-state index in [0.29, 0.717) is 25.4 Å². The molecule has 1 saturated heterocycles. The summed E-state index contributed by atoms with van der Waals surface area (Å²) in [6.07, 6.45) is 0.547. The van der Waals surface area contributed by atoms with E-state index in [2.05, 4.69) is 0 Å². The number of aliphatic hydroxyl groups excluding tert-OH is 1. The standard InChI is InChI=1S/C15H23FN2O3/c1-3-4-20-15-6-14(13(17)5-12(15)16)18-7-11(8-19)21-9-10(18)2/h5-6,10-11,19H,3-4,7-9,17H2,1-2H3. The highest BCUT2D eigenvalue weighted by molar-refractivity contribution is 5.70. The van der Waals surface area contributed by atoms with E-state index in [1.807, 2.05) is 18.7 Å². The summed E-state index contributed by atoms with van der Waals surface area (Å²) in [5, 5.41) is 9.26. The van der Waals surface area contributed by atoms with Gasteiger partial charge < -0.3 is 25.2 Å². The van der Waals surface area contributed by atoms with Crippen molar-refractivity contribution in [1.82, 2.24) is 0 Å². The Morgan fingerprint density at radius 3 is 2.95 bits per heavy atom. The second-order valence-corrected chi connectivity index (χ2v) is 5.33. The molecule has 0 aliphatic carbocycles. The minimum atomic E-state index is -0.454. The molecule has 1 fully saturated rings. The molecular weight excluding hydrogens is 275 g/mol. The van der Waals surface area contributed by atoms with Gasteiger partial charge in [0.15, 0.2) is 11.6 Å². The van der Waals surface area contributed by atoms with E-state index < -0.39 is 5.82 Å². The number of nitrogens with zero attached hydrogens (tertiary/aromatic N) is 1. The summed E-state index contributed by atoms with van der Waals surface area (Å²) in [6, 6.07) is 3.02. The molecule has 0 amide bonds. The number of aliphatic hydroxyl groups is 1. The molecular formula is C15H23FN2O3. The Kier molecular flexibility index (Phi) is 5.25. The zero-order chi connectivity index (χ0) is 15.4. The maximum atomic E-state index is 13.9. The second-order valence-electron chi connectivity index (χ2n) is 5.33. The van der Waals surface area contributed by atoms with Crippen LogP contribution in [0.3, 0.4) is 0 Å². The number of benzene rings is 1. The number of rotatable bonds is 5. The Morgan fingerprint density at radius 2 is 2.29 bits per heavy atom. The molecule has 1 aromatic carbocycles. The average Bonchev–Trinajstić information content (AvgIpc) is 2.47. The van der Waals surface area contributed by atoms with Crippen LogP contribution >= 0.6 is 0 Å². The van der Waals surface area contributed by atoms with E-state index >= 15 is 0 Å². The van der Waals surface area contributed by atoms with Gasteiger partial charge in [0.05, 0.1) is 37.3 Å². The smallest absolute Gasteiger partial charge is 0.167 e. The van der Waals surface area contributed by atoms with Crippen molar-refractivity contribution in [3.05, 3.63) is 17.9 Å². The summed E-state index contributed by atoms with van der Waals surface area (Å²) in [5.74, 6) is -0.246. The number of nitrogens with two attached hydrogens (primary N) is 1. The van der Waals surface area contributed by atoms with Crippen molar-refractivity contribution < 1.29 is 19.0 Å². The van der Waals surface area contributed by atoms with Gasteiger partial charge in [-0.25, -0.2) is 4.39 Å². The molecule has 21 heavy (non-hydrogen) atoms. The van der Waals surface area contributed by atoms with Gasteiger partial charge >= 0.3 is 0 Å². The molecule has 5 nitrogen and oxygen atoms in total. The average molecular weight is 298 g/mol. The topological polar surface area (TPSA) is 68.0 Å². The van der Waals surface area contributed by atoms with Crippen LogP contribution < -0.4 is 15.4 Å². The normalized spacial score (nSPS) is 22.4. The number of anilines is 2. The van der Waals surface area contributed by atoms with Gasteiger partial charge in [-0.05, 0) is 13.3 Å². The molecule has 0 saturated carbocycles. The Bertz CT molecular complexity index is 484. The van der Waals surface area contributed by atoms with Crippen LogP contribution in [0.15, 0.2) is 12.1 Å². The van der Waals surface area contributed by atoms with Crippen molar-refractivity contribution in [2.24, 2.45) is 0 Å². The zero-order valence-corrected chi connectivity index (χ0v) is 12.5. The zero-order valence-electron chi connectivity index (χ0n) is 12.5.